The molecule has 2 aromatic carbocycles. The molecule has 14 heteroatoms. The van der Waals surface area contributed by atoms with Crippen LogP contribution < -0.4 is 0 Å². The quantitative estimate of drug-likeness (QED) is 0.0874. The van der Waals surface area contributed by atoms with Gasteiger partial charge in [0, 0.05) is 32.9 Å². The maximum absolute atomic E-state index is 14.2. The number of aliphatic hydroxyl groups is 10. The van der Waals surface area contributed by atoms with Crippen molar-refractivity contribution < 1.29 is 65.0 Å². The first kappa shape index (κ1) is 35.5. The Kier molecular flexibility index (Phi) is 12.4. The van der Waals surface area contributed by atoms with Crippen molar-refractivity contribution in [1.82, 2.24) is 0 Å². The number of benzene rings is 2. The minimum atomic E-state index is -2.25. The Morgan fingerprint density at radius 1 is 0.727 bits per heavy atom. The van der Waals surface area contributed by atoms with Crippen LogP contribution in [0.5, 0.6) is 0 Å². The normalized spacial score (nSPS) is 17.3. The minimum absolute atomic E-state index is 0.00656. The van der Waals surface area contributed by atoms with Crippen LogP contribution in [-0.2, 0) is 6.42 Å². The SMILES string of the molecule is Cc1ccc(C(=O)[C@H](O)[C@H](O)[C@@H](O)[C@@H](O)CO)cc1Cc1ccc(-c2ccc(F)cc2C(=O)[C@H](O)[C@@H](O)[C@H](O)[C@H](O)CO)s1. The molecule has 0 radical (unpaired) electrons. The van der Waals surface area contributed by atoms with Crippen LogP contribution in [-0.4, -0.2) is 125 Å². The van der Waals surface area contributed by atoms with E-state index in [1.54, 1.807) is 25.1 Å². The van der Waals surface area contributed by atoms with Gasteiger partial charge in [0.15, 0.2) is 11.6 Å². The smallest absolute Gasteiger partial charge is 0.194 e. The molecule has 3 aromatic rings. The summed E-state index contributed by atoms with van der Waals surface area (Å²) in [6.07, 6.45) is -16.0. The monoisotopic (exact) mass is 638 g/mol. The number of carbonyl (C=O) groups is 2. The summed E-state index contributed by atoms with van der Waals surface area (Å²) in [4.78, 5) is 27.1. The van der Waals surface area contributed by atoms with Gasteiger partial charge in [-0.2, -0.15) is 0 Å². The number of halogens is 1. The van der Waals surface area contributed by atoms with E-state index in [0.29, 0.717) is 10.4 Å². The second-order valence-corrected chi connectivity index (χ2v) is 11.5. The number of Topliss-reactive ketones (excluding diaryl/α,β-unsaturated/α-hetero) is 2. The van der Waals surface area contributed by atoms with Gasteiger partial charge in [0.25, 0.3) is 0 Å². The number of hydrogen-bond acceptors (Lipinski definition) is 13. The third kappa shape index (κ3) is 7.99. The van der Waals surface area contributed by atoms with Crippen molar-refractivity contribution in [1.29, 1.82) is 0 Å². The Hall–Kier alpha value is -2.99. The van der Waals surface area contributed by atoms with Crippen LogP contribution >= 0.6 is 11.3 Å². The Morgan fingerprint density at radius 2 is 1.30 bits per heavy atom. The van der Waals surface area contributed by atoms with Crippen molar-refractivity contribution in [3.05, 3.63) is 81.5 Å². The number of rotatable bonds is 15. The Bertz CT molecular complexity index is 1450. The Balaban J connectivity index is 1.86. The Labute approximate surface area is 255 Å². The van der Waals surface area contributed by atoms with E-state index < -0.39 is 79.4 Å². The maximum Gasteiger partial charge on any atom is 0.194 e. The summed E-state index contributed by atoms with van der Waals surface area (Å²) < 4.78 is 14.2. The predicted octanol–water partition coefficient (Wildman–Crippen LogP) is -1.31. The van der Waals surface area contributed by atoms with E-state index in [1.165, 1.54) is 29.5 Å². The average molecular weight is 639 g/mol. The first-order valence-corrected chi connectivity index (χ1v) is 14.3. The first-order valence-electron chi connectivity index (χ1n) is 13.4. The number of carbonyl (C=O) groups excluding carboxylic acids is 2. The highest BCUT2D eigenvalue weighted by molar-refractivity contribution is 7.15. The first-order chi connectivity index (χ1) is 20.7. The van der Waals surface area contributed by atoms with E-state index in [2.05, 4.69) is 0 Å². The molecule has 0 bridgehead atoms. The number of hydrogen-bond donors (Lipinski definition) is 10. The van der Waals surface area contributed by atoms with E-state index in [0.717, 1.165) is 22.6 Å². The van der Waals surface area contributed by atoms with Crippen LogP contribution in [0.3, 0.4) is 0 Å². The molecule has 10 N–H and O–H groups in total. The number of thiophene rings is 1. The molecule has 1 heterocycles. The molecule has 0 amide bonds. The van der Waals surface area contributed by atoms with Crippen LogP contribution in [0.2, 0.25) is 0 Å². The molecule has 8 atom stereocenters. The zero-order valence-corrected chi connectivity index (χ0v) is 24.3. The molecule has 12 nitrogen and oxygen atoms in total. The van der Waals surface area contributed by atoms with Gasteiger partial charge in [-0.1, -0.05) is 12.1 Å². The van der Waals surface area contributed by atoms with Gasteiger partial charge >= 0.3 is 0 Å². The Morgan fingerprint density at radius 3 is 1.86 bits per heavy atom. The summed E-state index contributed by atoms with van der Waals surface area (Å²) in [5, 5.41) is 97.7. The molecule has 0 aliphatic heterocycles. The van der Waals surface area contributed by atoms with E-state index in [-0.39, 0.29) is 23.1 Å². The lowest BCUT2D eigenvalue weighted by atomic mass is 9.93. The highest BCUT2D eigenvalue weighted by atomic mass is 32.1. The molecular weight excluding hydrogens is 603 g/mol. The minimum Gasteiger partial charge on any atom is -0.394 e. The molecule has 0 spiro atoms. The van der Waals surface area contributed by atoms with Crippen LogP contribution in [0.15, 0.2) is 48.5 Å². The molecule has 0 saturated heterocycles. The number of aliphatic hydroxyl groups excluding tert-OH is 10. The summed E-state index contributed by atoms with van der Waals surface area (Å²) in [6, 6.07) is 11.1. The van der Waals surface area contributed by atoms with Crippen LogP contribution in [0.4, 0.5) is 4.39 Å². The van der Waals surface area contributed by atoms with E-state index >= 15 is 0 Å². The van der Waals surface area contributed by atoms with Crippen molar-refractivity contribution in [3.63, 3.8) is 0 Å². The lowest BCUT2D eigenvalue weighted by Crippen LogP contribution is -2.48. The van der Waals surface area contributed by atoms with Crippen molar-refractivity contribution in [2.24, 2.45) is 0 Å². The van der Waals surface area contributed by atoms with E-state index in [4.69, 9.17) is 10.2 Å². The average Bonchev–Trinajstić information content (AvgIpc) is 3.50. The number of ketones is 2. The molecule has 0 unspecified atom stereocenters. The lowest BCUT2D eigenvalue weighted by molar-refractivity contribution is -0.105. The zero-order chi connectivity index (χ0) is 32.9. The van der Waals surface area contributed by atoms with Crippen LogP contribution in [0.1, 0.15) is 36.7 Å². The second kappa shape index (κ2) is 15.3. The molecule has 240 valence electrons. The lowest BCUT2D eigenvalue weighted by Gasteiger charge is -2.25. The van der Waals surface area contributed by atoms with E-state index in [9.17, 15) is 54.8 Å². The molecule has 0 fully saturated rings. The van der Waals surface area contributed by atoms with Gasteiger partial charge in [-0.25, -0.2) is 4.39 Å². The van der Waals surface area contributed by atoms with Crippen molar-refractivity contribution in [2.45, 2.75) is 62.2 Å². The maximum atomic E-state index is 14.2. The van der Waals surface area contributed by atoms with Gasteiger partial charge in [-0.3, -0.25) is 9.59 Å². The number of aryl methyl sites for hydroxylation is 1. The van der Waals surface area contributed by atoms with E-state index in [1.807, 2.05) is 0 Å². The summed E-state index contributed by atoms with van der Waals surface area (Å²) in [6.45, 7) is -0.0692. The fraction of sp³-hybridized carbons (Fsp3) is 0.400. The molecular formula is C30H35FO12S. The third-order valence-corrected chi connectivity index (χ3v) is 8.34. The van der Waals surface area contributed by atoms with Crippen molar-refractivity contribution in [3.8, 4) is 10.4 Å². The van der Waals surface area contributed by atoms with Crippen LogP contribution in [0, 0.1) is 12.7 Å². The molecule has 0 saturated carbocycles. The summed E-state index contributed by atoms with van der Waals surface area (Å²) in [5.74, 6) is -2.87. The molecule has 44 heavy (non-hydrogen) atoms. The predicted molar refractivity (Wildman–Crippen MR) is 155 cm³/mol. The van der Waals surface area contributed by atoms with Gasteiger partial charge in [-0.15, -0.1) is 11.3 Å². The fourth-order valence-corrected chi connectivity index (χ4v) is 5.51. The van der Waals surface area contributed by atoms with Crippen LogP contribution in [0.25, 0.3) is 10.4 Å². The molecule has 0 aliphatic rings. The molecule has 3 rings (SSSR count). The largest absolute Gasteiger partial charge is 0.394 e. The highest BCUT2D eigenvalue weighted by Crippen LogP contribution is 2.34. The third-order valence-electron chi connectivity index (χ3n) is 7.22. The standard InChI is InChI=1S/C30H35FO12S/c1-13-2-3-14(23(36)27(40)29(42)25(38)20(34)11-32)8-15(13)9-17-5-7-22(44-17)18-6-4-16(31)10-19(18)24(37)28(41)30(43)26(39)21(35)12-33/h2-8,10,20-21,25-30,32-35,38-43H,9,11-12H2,1H3/t20-,21+,25-,26+,27-,28-,29+,30-/m0/s1. The second-order valence-electron chi connectivity index (χ2n) is 10.4. The summed E-state index contributed by atoms with van der Waals surface area (Å²) in [5.41, 5.74) is 1.32. The van der Waals surface area contributed by atoms with Gasteiger partial charge in [-0.05, 0) is 54.4 Å². The highest BCUT2D eigenvalue weighted by Gasteiger charge is 2.36. The summed E-state index contributed by atoms with van der Waals surface area (Å²) >= 11 is 1.20. The summed E-state index contributed by atoms with van der Waals surface area (Å²) in [7, 11) is 0. The van der Waals surface area contributed by atoms with Gasteiger partial charge in [0.2, 0.25) is 0 Å². The van der Waals surface area contributed by atoms with Gasteiger partial charge in [0.1, 0.15) is 54.6 Å². The zero-order valence-electron chi connectivity index (χ0n) is 23.4. The molecule has 1 aromatic heterocycles. The fourth-order valence-electron chi connectivity index (χ4n) is 4.44. The topological polar surface area (TPSA) is 236 Å². The van der Waals surface area contributed by atoms with Crippen molar-refractivity contribution >= 4 is 22.9 Å². The van der Waals surface area contributed by atoms with Gasteiger partial charge in [0.05, 0.1) is 13.2 Å². The van der Waals surface area contributed by atoms with Gasteiger partial charge < -0.3 is 51.1 Å². The molecule has 0 aliphatic carbocycles. The van der Waals surface area contributed by atoms with Crippen molar-refractivity contribution in [2.75, 3.05) is 13.2 Å².